The van der Waals surface area contributed by atoms with Crippen molar-refractivity contribution in [2.45, 2.75) is 25.9 Å². The van der Waals surface area contributed by atoms with Crippen LogP contribution in [-0.2, 0) is 0 Å². The standard InChI is InChI=1S/C24H25N5OS/c1-17-5-3-6-18(15-17)29(22-9-12-27-31-22)24-23-20(25-16-26-24)7-4-8-21(23)30-19-10-13-28(2)14-11-19/h3-9,12,15-16,19H,10-11,13-14H2,1-2H3. The third-order valence-electron chi connectivity index (χ3n) is 5.68. The Morgan fingerprint density at radius 2 is 1.90 bits per heavy atom. The van der Waals surface area contributed by atoms with Crippen LogP contribution < -0.4 is 9.64 Å². The highest BCUT2D eigenvalue weighted by Crippen LogP contribution is 2.42. The summed E-state index contributed by atoms with van der Waals surface area (Å²) in [7, 11) is 2.16. The predicted molar refractivity (Wildman–Crippen MR) is 126 cm³/mol. The molecule has 5 rings (SSSR count). The fraction of sp³-hybridized carbons (Fsp3) is 0.292. The summed E-state index contributed by atoms with van der Waals surface area (Å²) < 4.78 is 10.9. The van der Waals surface area contributed by atoms with E-state index < -0.39 is 0 Å². The number of anilines is 3. The lowest BCUT2D eigenvalue weighted by Gasteiger charge is -2.30. The second-order valence-electron chi connectivity index (χ2n) is 7.99. The van der Waals surface area contributed by atoms with Gasteiger partial charge in [-0.3, -0.25) is 4.90 Å². The minimum absolute atomic E-state index is 0.200. The summed E-state index contributed by atoms with van der Waals surface area (Å²) in [5.74, 6) is 1.65. The lowest BCUT2D eigenvalue weighted by Crippen LogP contribution is -2.35. The maximum absolute atomic E-state index is 6.54. The predicted octanol–water partition coefficient (Wildman–Crippen LogP) is 5.34. The van der Waals surface area contributed by atoms with Gasteiger partial charge < -0.3 is 9.64 Å². The molecular formula is C24H25N5OS. The number of benzene rings is 2. The number of rotatable bonds is 5. The van der Waals surface area contributed by atoms with Crippen LogP contribution in [0.1, 0.15) is 18.4 Å². The monoisotopic (exact) mass is 431 g/mol. The van der Waals surface area contributed by atoms with E-state index in [2.05, 4.69) is 57.4 Å². The third-order valence-corrected chi connectivity index (χ3v) is 6.41. The second kappa shape index (κ2) is 8.61. The molecule has 2 aromatic heterocycles. The Kier molecular flexibility index (Phi) is 5.53. The Balaban J connectivity index is 1.64. The molecule has 4 aromatic rings. The molecule has 2 aromatic carbocycles. The van der Waals surface area contributed by atoms with Crippen LogP contribution in [0.2, 0.25) is 0 Å². The van der Waals surface area contributed by atoms with Crippen molar-refractivity contribution >= 4 is 38.9 Å². The molecule has 0 radical (unpaired) electrons. The first kappa shape index (κ1) is 19.9. The van der Waals surface area contributed by atoms with Crippen molar-refractivity contribution in [1.29, 1.82) is 0 Å². The summed E-state index contributed by atoms with van der Waals surface area (Å²) >= 11 is 1.45. The van der Waals surface area contributed by atoms with Crippen LogP contribution in [0, 0.1) is 6.92 Å². The van der Waals surface area contributed by atoms with E-state index in [1.54, 1.807) is 6.33 Å². The molecule has 0 spiro atoms. The summed E-state index contributed by atoms with van der Waals surface area (Å²) in [5, 5.41) is 1.93. The fourth-order valence-corrected chi connectivity index (χ4v) is 4.68. The van der Waals surface area contributed by atoms with Gasteiger partial charge in [-0.15, -0.1) is 0 Å². The van der Waals surface area contributed by atoms with Crippen LogP contribution >= 0.6 is 11.5 Å². The molecule has 0 aliphatic carbocycles. The molecule has 0 amide bonds. The van der Waals surface area contributed by atoms with Crippen molar-refractivity contribution in [3.8, 4) is 5.75 Å². The van der Waals surface area contributed by atoms with Gasteiger partial charge in [0.15, 0.2) is 5.82 Å². The molecule has 158 valence electrons. The van der Waals surface area contributed by atoms with E-state index in [1.165, 1.54) is 17.1 Å². The van der Waals surface area contributed by atoms with Gasteiger partial charge in [0.05, 0.1) is 10.9 Å². The van der Waals surface area contributed by atoms with Gasteiger partial charge in [0.25, 0.3) is 0 Å². The van der Waals surface area contributed by atoms with Crippen molar-refractivity contribution < 1.29 is 4.74 Å². The smallest absolute Gasteiger partial charge is 0.153 e. The highest BCUT2D eigenvalue weighted by Gasteiger charge is 2.23. The number of hydrogen-bond donors (Lipinski definition) is 0. The first-order valence-electron chi connectivity index (χ1n) is 10.6. The van der Waals surface area contributed by atoms with Gasteiger partial charge in [0.2, 0.25) is 0 Å². The van der Waals surface area contributed by atoms with Gasteiger partial charge in [-0.05, 0) is 74.2 Å². The normalized spacial score (nSPS) is 15.3. The van der Waals surface area contributed by atoms with Gasteiger partial charge in [-0.25, -0.2) is 9.97 Å². The van der Waals surface area contributed by atoms with E-state index in [0.29, 0.717) is 0 Å². The molecule has 1 saturated heterocycles. The Labute approximate surface area is 186 Å². The maximum Gasteiger partial charge on any atom is 0.153 e. The van der Waals surface area contributed by atoms with Crippen LogP contribution in [0.15, 0.2) is 61.1 Å². The van der Waals surface area contributed by atoms with E-state index in [9.17, 15) is 0 Å². The van der Waals surface area contributed by atoms with Crippen molar-refractivity contribution in [3.05, 3.63) is 66.6 Å². The van der Waals surface area contributed by atoms with E-state index in [4.69, 9.17) is 9.72 Å². The lowest BCUT2D eigenvalue weighted by atomic mass is 10.1. The highest BCUT2D eigenvalue weighted by atomic mass is 32.1. The van der Waals surface area contributed by atoms with Gasteiger partial charge >= 0.3 is 0 Å². The molecule has 1 fully saturated rings. The van der Waals surface area contributed by atoms with Gasteiger partial charge in [-0.2, -0.15) is 4.37 Å². The lowest BCUT2D eigenvalue weighted by molar-refractivity contribution is 0.116. The van der Waals surface area contributed by atoms with Crippen LogP contribution in [0.25, 0.3) is 10.9 Å². The fourth-order valence-electron chi connectivity index (χ4n) is 4.06. The molecule has 0 unspecified atom stereocenters. The third kappa shape index (κ3) is 4.11. The first-order chi connectivity index (χ1) is 15.2. The number of hydrogen-bond acceptors (Lipinski definition) is 7. The number of piperidine rings is 1. The number of aryl methyl sites for hydroxylation is 1. The van der Waals surface area contributed by atoms with Crippen molar-refractivity contribution in [1.82, 2.24) is 19.2 Å². The maximum atomic E-state index is 6.54. The highest BCUT2D eigenvalue weighted by molar-refractivity contribution is 7.10. The SMILES string of the molecule is Cc1cccc(N(c2ccns2)c2ncnc3cccc(OC4CCN(C)CC4)c23)c1. The van der Waals surface area contributed by atoms with Gasteiger partial charge in [0.1, 0.15) is 23.2 Å². The molecule has 0 saturated carbocycles. The molecule has 0 atom stereocenters. The zero-order chi connectivity index (χ0) is 21.2. The first-order valence-corrected chi connectivity index (χ1v) is 11.3. The van der Waals surface area contributed by atoms with E-state index in [-0.39, 0.29) is 6.10 Å². The number of aromatic nitrogens is 3. The number of likely N-dealkylation sites (tertiary alicyclic amines) is 1. The Bertz CT molecular complexity index is 1170. The summed E-state index contributed by atoms with van der Waals surface area (Å²) in [6, 6.07) is 16.5. The Morgan fingerprint density at radius 1 is 1.06 bits per heavy atom. The minimum Gasteiger partial charge on any atom is -0.489 e. The van der Waals surface area contributed by atoms with E-state index >= 15 is 0 Å². The second-order valence-corrected chi connectivity index (χ2v) is 8.80. The van der Waals surface area contributed by atoms with Gasteiger partial charge in [-0.1, -0.05) is 18.2 Å². The van der Waals surface area contributed by atoms with Crippen molar-refractivity contribution in [2.75, 3.05) is 25.0 Å². The molecule has 6 nitrogen and oxygen atoms in total. The summed E-state index contributed by atoms with van der Waals surface area (Å²) in [4.78, 5) is 13.8. The van der Waals surface area contributed by atoms with E-state index in [1.807, 2.05) is 30.5 Å². The molecule has 7 heteroatoms. The largest absolute Gasteiger partial charge is 0.489 e. The molecule has 3 heterocycles. The van der Waals surface area contributed by atoms with Crippen LogP contribution in [-0.4, -0.2) is 45.5 Å². The van der Waals surface area contributed by atoms with E-state index in [0.717, 1.165) is 59.1 Å². The van der Waals surface area contributed by atoms with Crippen LogP contribution in [0.5, 0.6) is 5.75 Å². The topological polar surface area (TPSA) is 54.4 Å². The van der Waals surface area contributed by atoms with Gasteiger partial charge in [0, 0.05) is 25.0 Å². The summed E-state index contributed by atoms with van der Waals surface area (Å²) in [5.41, 5.74) is 3.10. The average molecular weight is 432 g/mol. The quantitative estimate of drug-likeness (QED) is 0.425. The Morgan fingerprint density at radius 3 is 2.68 bits per heavy atom. The average Bonchev–Trinajstić information content (AvgIpc) is 3.30. The summed E-state index contributed by atoms with van der Waals surface area (Å²) in [6.45, 7) is 4.20. The number of fused-ring (bicyclic) bond motifs is 1. The number of nitrogens with zero attached hydrogens (tertiary/aromatic N) is 5. The molecule has 0 N–H and O–H groups in total. The summed E-state index contributed by atoms with van der Waals surface area (Å²) in [6.07, 6.45) is 5.69. The van der Waals surface area contributed by atoms with Crippen molar-refractivity contribution in [2.24, 2.45) is 0 Å². The minimum atomic E-state index is 0.200. The van der Waals surface area contributed by atoms with Crippen molar-refractivity contribution in [3.63, 3.8) is 0 Å². The zero-order valence-corrected chi connectivity index (χ0v) is 18.5. The molecule has 1 aliphatic rings. The zero-order valence-electron chi connectivity index (χ0n) is 17.7. The molecule has 31 heavy (non-hydrogen) atoms. The van der Waals surface area contributed by atoms with Crippen LogP contribution in [0.3, 0.4) is 0 Å². The Hall–Kier alpha value is -3.03. The molecule has 0 bridgehead atoms. The van der Waals surface area contributed by atoms with Crippen LogP contribution in [0.4, 0.5) is 16.5 Å². The molecular weight excluding hydrogens is 406 g/mol. The molecule has 1 aliphatic heterocycles. The number of ether oxygens (including phenoxy) is 1.